The Morgan fingerprint density at radius 3 is 1.13 bits per heavy atom. The fourth-order valence-electron chi connectivity index (χ4n) is 11.9. The molecule has 2 aliphatic rings. The van der Waals surface area contributed by atoms with Crippen LogP contribution in [0.4, 0.5) is 17.1 Å². The maximum absolute atomic E-state index is 2.58. The zero-order valence-electron chi connectivity index (χ0n) is 36.9. The van der Waals surface area contributed by atoms with Crippen molar-refractivity contribution in [3.63, 3.8) is 0 Å². The first-order valence-corrected chi connectivity index (χ1v) is 23.3. The molecule has 314 valence electrons. The van der Waals surface area contributed by atoms with Crippen molar-refractivity contribution in [2.24, 2.45) is 0 Å². The highest BCUT2D eigenvalue weighted by atomic mass is 15.1. The van der Waals surface area contributed by atoms with E-state index in [1.807, 2.05) is 0 Å². The summed E-state index contributed by atoms with van der Waals surface area (Å²) in [5, 5.41) is 2.47. The van der Waals surface area contributed by atoms with Gasteiger partial charge in [0, 0.05) is 16.8 Å². The molecule has 0 spiro atoms. The molecule has 0 heterocycles. The second kappa shape index (κ2) is 15.6. The third-order valence-corrected chi connectivity index (χ3v) is 14.6. The molecule has 0 atom stereocenters. The normalized spacial score (nSPS) is 13.6. The Kier molecular flexibility index (Phi) is 9.05. The van der Waals surface area contributed by atoms with E-state index in [0.29, 0.717) is 0 Å². The fraction of sp³-hybridized carbons (Fsp3) is 0.0303. The molecular weight excluding hydrogens is 807 g/mol. The van der Waals surface area contributed by atoms with Gasteiger partial charge in [0.1, 0.15) is 0 Å². The van der Waals surface area contributed by atoms with Crippen LogP contribution in [0.2, 0.25) is 0 Å². The molecule has 0 bridgehead atoms. The molecule has 0 radical (unpaired) electrons. The van der Waals surface area contributed by atoms with E-state index in [-0.39, 0.29) is 0 Å². The highest BCUT2D eigenvalue weighted by Crippen LogP contribution is 2.63. The number of hydrogen-bond acceptors (Lipinski definition) is 1. The van der Waals surface area contributed by atoms with Gasteiger partial charge in [0.2, 0.25) is 0 Å². The summed E-state index contributed by atoms with van der Waals surface area (Å²) in [5.41, 5.74) is 19.7. The molecule has 0 aromatic heterocycles. The summed E-state index contributed by atoms with van der Waals surface area (Å²) in [7, 11) is 0. The number of fused-ring (bicyclic) bond motifs is 7. The lowest BCUT2D eigenvalue weighted by Crippen LogP contribution is -2.28. The second-order valence-electron chi connectivity index (χ2n) is 17.9. The van der Waals surface area contributed by atoms with Crippen molar-refractivity contribution in [2.45, 2.75) is 10.8 Å². The average molecular weight is 852 g/mol. The van der Waals surface area contributed by atoms with Crippen molar-refractivity contribution in [2.75, 3.05) is 4.90 Å². The number of hydrogen-bond donors (Lipinski definition) is 0. The number of anilines is 3. The summed E-state index contributed by atoms with van der Waals surface area (Å²) in [6.07, 6.45) is 0. The topological polar surface area (TPSA) is 3.24 Å². The van der Waals surface area contributed by atoms with Gasteiger partial charge in [0.15, 0.2) is 0 Å². The van der Waals surface area contributed by atoms with Crippen molar-refractivity contribution in [3.05, 3.63) is 317 Å². The smallest absolute Gasteiger partial charge is 0.0714 e. The molecule has 0 N–H and O–H groups in total. The van der Waals surface area contributed by atoms with Crippen LogP contribution in [0.15, 0.2) is 273 Å². The van der Waals surface area contributed by atoms with Gasteiger partial charge in [-0.05, 0) is 108 Å². The summed E-state index contributed by atoms with van der Waals surface area (Å²) in [5.74, 6) is 0. The minimum Gasteiger partial charge on any atom is -0.309 e. The van der Waals surface area contributed by atoms with Gasteiger partial charge in [0.05, 0.1) is 22.2 Å². The van der Waals surface area contributed by atoms with Crippen LogP contribution in [0.1, 0.15) is 44.5 Å². The molecule has 67 heavy (non-hydrogen) atoms. The van der Waals surface area contributed by atoms with Crippen LogP contribution in [-0.2, 0) is 10.8 Å². The van der Waals surface area contributed by atoms with Crippen LogP contribution in [0.25, 0.3) is 44.2 Å². The molecule has 2 aliphatic carbocycles. The van der Waals surface area contributed by atoms with E-state index in [0.717, 1.165) is 17.1 Å². The lowest BCUT2D eigenvalue weighted by molar-refractivity contribution is 0.768. The molecular formula is C66H45N. The van der Waals surface area contributed by atoms with Crippen molar-refractivity contribution in [1.29, 1.82) is 0 Å². The number of benzene rings is 11. The lowest BCUT2D eigenvalue weighted by Gasteiger charge is -2.35. The van der Waals surface area contributed by atoms with Gasteiger partial charge in [-0.2, -0.15) is 0 Å². The summed E-state index contributed by atoms with van der Waals surface area (Å²) in [6, 6.07) is 101. The van der Waals surface area contributed by atoms with Gasteiger partial charge in [-0.25, -0.2) is 0 Å². The summed E-state index contributed by atoms with van der Waals surface area (Å²) < 4.78 is 0. The second-order valence-corrected chi connectivity index (χ2v) is 17.9. The predicted molar refractivity (Wildman–Crippen MR) is 279 cm³/mol. The van der Waals surface area contributed by atoms with Crippen LogP contribution >= 0.6 is 0 Å². The van der Waals surface area contributed by atoms with Crippen LogP contribution in [0, 0.1) is 0 Å². The molecule has 0 fully saturated rings. The minimum absolute atomic E-state index is 0.552. The van der Waals surface area contributed by atoms with Gasteiger partial charge < -0.3 is 4.90 Å². The van der Waals surface area contributed by atoms with Gasteiger partial charge in [-0.15, -0.1) is 0 Å². The Balaban J connectivity index is 1.14. The molecule has 11 aromatic carbocycles. The zero-order valence-corrected chi connectivity index (χ0v) is 36.9. The first kappa shape index (κ1) is 38.9. The Hall–Kier alpha value is -8.52. The highest BCUT2D eigenvalue weighted by molar-refractivity contribution is 6.03. The molecule has 0 saturated carbocycles. The predicted octanol–water partition coefficient (Wildman–Crippen LogP) is 16.7. The lowest BCUT2D eigenvalue weighted by atomic mass is 9.67. The van der Waals surface area contributed by atoms with Crippen molar-refractivity contribution < 1.29 is 0 Å². The quantitative estimate of drug-likeness (QED) is 0.147. The van der Waals surface area contributed by atoms with E-state index in [2.05, 4.69) is 278 Å². The monoisotopic (exact) mass is 851 g/mol. The fourth-order valence-corrected chi connectivity index (χ4v) is 11.9. The molecule has 13 rings (SSSR count). The number of rotatable bonds is 8. The molecule has 0 aliphatic heterocycles. The van der Waals surface area contributed by atoms with E-state index < -0.39 is 10.8 Å². The first-order valence-electron chi connectivity index (χ1n) is 23.3. The summed E-state index contributed by atoms with van der Waals surface area (Å²) in [4.78, 5) is 2.58. The molecule has 1 heteroatoms. The maximum atomic E-state index is 2.58. The SMILES string of the molecule is c1ccc(C2(c3ccccc3)c3ccccc3-c3c(N(c4cccc(-c5ccc6ccccc6c5)c4)c4cccc5c4-c4ccccc4C5(c4ccccc4)c4ccccc4)cccc32)cc1. The molecule has 1 nitrogen and oxygen atoms in total. The van der Waals surface area contributed by atoms with E-state index in [4.69, 9.17) is 0 Å². The van der Waals surface area contributed by atoms with Gasteiger partial charge in [0.25, 0.3) is 0 Å². The standard InChI is InChI=1S/C66H45N/c1-5-25-50(26-6-1)65(51-27-7-2-8-28-51)57-36-17-15-34-55(57)63-59(65)38-20-40-61(63)67(54-33-19-24-48(45-54)49-43-42-46-22-13-14-23-47(46)44-49)62-41-21-39-60-64(62)56-35-16-18-37-58(56)66(60,52-29-9-3-10-30-52)53-31-11-4-12-32-53/h1-45H. The molecule has 0 unspecified atom stereocenters. The van der Waals surface area contributed by atoms with Crippen molar-refractivity contribution in [3.8, 4) is 33.4 Å². The van der Waals surface area contributed by atoms with E-state index in [1.54, 1.807) is 0 Å². The minimum atomic E-state index is -0.552. The van der Waals surface area contributed by atoms with E-state index >= 15 is 0 Å². The Labute approximate surface area is 392 Å². The Morgan fingerprint density at radius 2 is 0.642 bits per heavy atom. The van der Waals surface area contributed by atoms with Crippen LogP contribution < -0.4 is 4.90 Å². The average Bonchev–Trinajstić information content (AvgIpc) is 3.89. The summed E-state index contributed by atoms with van der Waals surface area (Å²) in [6.45, 7) is 0. The zero-order chi connectivity index (χ0) is 44.4. The Morgan fingerprint density at radius 1 is 0.254 bits per heavy atom. The third kappa shape index (κ3) is 5.75. The highest BCUT2D eigenvalue weighted by Gasteiger charge is 2.49. The van der Waals surface area contributed by atoms with Gasteiger partial charge in [-0.1, -0.05) is 243 Å². The van der Waals surface area contributed by atoms with Crippen LogP contribution in [0.5, 0.6) is 0 Å². The van der Waals surface area contributed by atoms with Crippen LogP contribution in [-0.4, -0.2) is 0 Å². The molecule has 0 saturated heterocycles. The number of nitrogens with zero attached hydrogens (tertiary/aromatic N) is 1. The van der Waals surface area contributed by atoms with Crippen molar-refractivity contribution >= 4 is 27.8 Å². The van der Waals surface area contributed by atoms with E-state index in [1.165, 1.54) is 88.7 Å². The maximum Gasteiger partial charge on any atom is 0.0714 e. The third-order valence-electron chi connectivity index (χ3n) is 14.6. The van der Waals surface area contributed by atoms with Gasteiger partial charge >= 0.3 is 0 Å². The molecule has 0 amide bonds. The van der Waals surface area contributed by atoms with Gasteiger partial charge in [-0.3, -0.25) is 0 Å². The first-order chi connectivity index (χ1) is 33.3. The van der Waals surface area contributed by atoms with Crippen molar-refractivity contribution in [1.82, 2.24) is 0 Å². The molecule has 11 aromatic rings. The Bertz CT molecular complexity index is 3370. The summed E-state index contributed by atoms with van der Waals surface area (Å²) >= 11 is 0. The van der Waals surface area contributed by atoms with Crippen LogP contribution in [0.3, 0.4) is 0 Å². The van der Waals surface area contributed by atoms with E-state index in [9.17, 15) is 0 Å². The largest absolute Gasteiger partial charge is 0.309 e.